The number of ether oxygens (including phenoxy) is 1. The van der Waals surface area contributed by atoms with Crippen molar-refractivity contribution in [3.05, 3.63) is 44.6 Å². The van der Waals surface area contributed by atoms with Crippen LogP contribution in [0.2, 0.25) is 0 Å². The highest BCUT2D eigenvalue weighted by atomic mass is 32.1. The predicted molar refractivity (Wildman–Crippen MR) is 103 cm³/mol. The van der Waals surface area contributed by atoms with Gasteiger partial charge in [0, 0.05) is 35.3 Å². The van der Waals surface area contributed by atoms with Crippen LogP contribution in [0.1, 0.15) is 59.2 Å². The van der Waals surface area contributed by atoms with Crippen LogP contribution in [0.4, 0.5) is 0 Å². The van der Waals surface area contributed by atoms with E-state index in [9.17, 15) is 5.11 Å². The molecule has 25 heavy (non-hydrogen) atoms. The van der Waals surface area contributed by atoms with E-state index in [2.05, 4.69) is 31.7 Å². The predicted octanol–water partition coefficient (Wildman–Crippen LogP) is 4.88. The Hall–Kier alpha value is -1.52. The van der Waals surface area contributed by atoms with Gasteiger partial charge in [0.25, 0.3) is 0 Å². The normalized spacial score (nSPS) is 22.4. The summed E-state index contributed by atoms with van der Waals surface area (Å²) in [4.78, 5) is 5.64. The summed E-state index contributed by atoms with van der Waals surface area (Å²) in [5.41, 5.74) is 4.13. The maximum atomic E-state index is 10.3. The maximum absolute atomic E-state index is 10.3. The van der Waals surface area contributed by atoms with Gasteiger partial charge < -0.3 is 9.84 Å². The minimum Gasteiger partial charge on any atom is -0.504 e. The van der Waals surface area contributed by atoms with Crippen LogP contribution < -0.4 is 4.74 Å². The first-order chi connectivity index (χ1) is 12.0. The number of hydrogen-bond acceptors (Lipinski definition) is 4. The first-order valence-corrected chi connectivity index (χ1v) is 10.0. The van der Waals surface area contributed by atoms with Crippen LogP contribution in [-0.4, -0.2) is 23.7 Å². The number of fused-ring (bicyclic) bond motifs is 4. The summed E-state index contributed by atoms with van der Waals surface area (Å²) in [5, 5.41) is 10.3. The molecule has 1 aromatic heterocycles. The van der Waals surface area contributed by atoms with E-state index in [0.717, 1.165) is 19.5 Å². The Morgan fingerprint density at radius 3 is 2.80 bits per heavy atom. The van der Waals surface area contributed by atoms with Crippen LogP contribution in [0.3, 0.4) is 0 Å². The first kappa shape index (κ1) is 16.9. The number of thiophene rings is 1. The molecule has 2 aliphatic heterocycles. The van der Waals surface area contributed by atoms with Crippen LogP contribution in [0.5, 0.6) is 11.5 Å². The fraction of sp³-hybridized carbons (Fsp3) is 0.524. The molecule has 1 unspecified atom stereocenters. The highest BCUT2D eigenvalue weighted by molar-refractivity contribution is 7.12. The molecule has 0 amide bonds. The smallest absolute Gasteiger partial charge is 0.160 e. The zero-order valence-electron chi connectivity index (χ0n) is 15.5. The minimum absolute atomic E-state index is 0.257. The summed E-state index contributed by atoms with van der Waals surface area (Å²) in [6, 6.07) is 6.79. The van der Waals surface area contributed by atoms with Gasteiger partial charge in [-0.3, -0.25) is 4.90 Å². The third kappa shape index (κ3) is 2.96. The van der Waals surface area contributed by atoms with Gasteiger partial charge in [-0.1, -0.05) is 20.8 Å². The zero-order valence-corrected chi connectivity index (χ0v) is 16.3. The number of rotatable bonds is 3. The van der Waals surface area contributed by atoms with Crippen LogP contribution in [-0.2, 0) is 19.4 Å². The Kier molecular flexibility index (Phi) is 4.28. The number of aromatic hydroxyl groups is 1. The van der Waals surface area contributed by atoms with Crippen LogP contribution >= 0.6 is 11.3 Å². The van der Waals surface area contributed by atoms with E-state index in [-0.39, 0.29) is 5.75 Å². The van der Waals surface area contributed by atoms with Crippen molar-refractivity contribution >= 4 is 11.3 Å². The van der Waals surface area contributed by atoms with Gasteiger partial charge in [-0.2, -0.15) is 0 Å². The Bertz CT molecular complexity index is 795. The first-order valence-electron chi connectivity index (χ1n) is 9.21. The molecule has 0 bridgehead atoms. The molecule has 0 spiro atoms. The van der Waals surface area contributed by atoms with Gasteiger partial charge in [-0.15, -0.1) is 11.3 Å². The van der Waals surface area contributed by atoms with Gasteiger partial charge in [0.2, 0.25) is 0 Å². The molecule has 1 aromatic carbocycles. The Morgan fingerprint density at radius 1 is 1.28 bits per heavy atom. The number of phenols is 1. The van der Waals surface area contributed by atoms with Crippen molar-refractivity contribution in [2.75, 3.05) is 13.7 Å². The molecule has 0 radical (unpaired) electrons. The van der Waals surface area contributed by atoms with Crippen LogP contribution in [0.15, 0.2) is 18.2 Å². The fourth-order valence-electron chi connectivity index (χ4n) is 4.40. The summed E-state index contributed by atoms with van der Waals surface area (Å²) >= 11 is 1.99. The number of nitrogens with zero attached hydrogens (tertiary/aromatic N) is 1. The molecule has 0 saturated carbocycles. The summed E-state index contributed by atoms with van der Waals surface area (Å²) in [6.45, 7) is 8.95. The van der Waals surface area contributed by atoms with E-state index in [1.54, 1.807) is 7.11 Å². The van der Waals surface area contributed by atoms with Crippen molar-refractivity contribution in [2.45, 2.75) is 52.1 Å². The summed E-state index contributed by atoms with van der Waals surface area (Å²) in [7, 11) is 1.62. The van der Waals surface area contributed by atoms with Gasteiger partial charge in [-0.05, 0) is 53.1 Å². The molecular formula is C21H27NO2S. The SMILES string of the molecule is COc1cc2c(cc1O)[C@@H]1Cc3sc(CC(C)C)cc3CN1CC2C. The number of methoxy groups -OCH3 is 1. The average Bonchev–Trinajstić information content (AvgIpc) is 2.93. The lowest BCUT2D eigenvalue weighted by molar-refractivity contribution is 0.148. The molecule has 2 aliphatic rings. The van der Waals surface area contributed by atoms with Gasteiger partial charge in [-0.25, -0.2) is 0 Å². The Morgan fingerprint density at radius 2 is 2.08 bits per heavy atom. The molecule has 134 valence electrons. The molecule has 2 atom stereocenters. The third-order valence-corrected chi connectivity index (χ3v) is 6.75. The second-order valence-electron chi connectivity index (χ2n) is 7.96. The van der Waals surface area contributed by atoms with E-state index in [4.69, 9.17) is 4.74 Å². The van der Waals surface area contributed by atoms with Gasteiger partial charge in [0.1, 0.15) is 0 Å². The molecule has 0 fully saturated rings. The average molecular weight is 358 g/mol. The molecule has 0 saturated heterocycles. The highest BCUT2D eigenvalue weighted by Gasteiger charge is 2.36. The van der Waals surface area contributed by atoms with Crippen molar-refractivity contribution in [2.24, 2.45) is 5.92 Å². The quantitative estimate of drug-likeness (QED) is 0.850. The molecule has 1 N–H and O–H groups in total. The fourth-order valence-corrected chi connectivity index (χ4v) is 5.83. The van der Waals surface area contributed by atoms with E-state index >= 15 is 0 Å². The minimum atomic E-state index is 0.257. The van der Waals surface area contributed by atoms with Crippen molar-refractivity contribution in [1.82, 2.24) is 4.90 Å². The second kappa shape index (κ2) is 6.33. The van der Waals surface area contributed by atoms with E-state index in [0.29, 0.717) is 23.6 Å². The summed E-state index contributed by atoms with van der Waals surface area (Å²) in [6.07, 6.45) is 2.23. The van der Waals surface area contributed by atoms with Gasteiger partial charge in [0.15, 0.2) is 11.5 Å². The Labute approximate surface area is 154 Å². The summed E-state index contributed by atoms with van der Waals surface area (Å²) in [5.74, 6) is 2.00. The number of phenolic OH excluding ortho intramolecular Hbond substituents is 1. The van der Waals surface area contributed by atoms with Gasteiger partial charge in [0.05, 0.1) is 7.11 Å². The van der Waals surface area contributed by atoms with Crippen molar-refractivity contribution < 1.29 is 9.84 Å². The largest absolute Gasteiger partial charge is 0.504 e. The van der Waals surface area contributed by atoms with E-state index in [1.807, 2.05) is 23.5 Å². The topological polar surface area (TPSA) is 32.7 Å². The molecule has 2 aromatic rings. The zero-order chi connectivity index (χ0) is 17.7. The lowest BCUT2D eigenvalue weighted by Crippen LogP contribution is -2.40. The van der Waals surface area contributed by atoms with Crippen molar-refractivity contribution in [3.63, 3.8) is 0 Å². The molecule has 4 heteroatoms. The highest BCUT2D eigenvalue weighted by Crippen LogP contribution is 2.46. The lowest BCUT2D eigenvalue weighted by atomic mass is 9.82. The van der Waals surface area contributed by atoms with E-state index < -0.39 is 0 Å². The van der Waals surface area contributed by atoms with Crippen molar-refractivity contribution in [1.29, 1.82) is 0 Å². The molecular weight excluding hydrogens is 330 g/mol. The molecule has 0 aliphatic carbocycles. The van der Waals surface area contributed by atoms with Crippen LogP contribution in [0.25, 0.3) is 0 Å². The molecule has 4 rings (SSSR count). The van der Waals surface area contributed by atoms with Gasteiger partial charge >= 0.3 is 0 Å². The molecule has 3 nitrogen and oxygen atoms in total. The van der Waals surface area contributed by atoms with Crippen LogP contribution in [0, 0.1) is 5.92 Å². The number of hydrogen-bond donors (Lipinski definition) is 1. The maximum Gasteiger partial charge on any atom is 0.160 e. The van der Waals surface area contributed by atoms with Crippen molar-refractivity contribution in [3.8, 4) is 11.5 Å². The standard InChI is InChI=1S/C21H27NO2S/c1-12(2)5-15-6-14-11-22-10-13(3)16-8-20(24-4)19(23)7-17(16)18(22)9-21(14)25-15/h6-8,12-13,18,23H,5,9-11H2,1-4H3/t13?,18-/m0/s1. The number of benzene rings is 1. The second-order valence-corrected chi connectivity index (χ2v) is 9.18. The Balaban J connectivity index is 1.71. The van der Waals surface area contributed by atoms with E-state index in [1.165, 1.54) is 32.9 Å². The third-order valence-electron chi connectivity index (χ3n) is 5.53. The monoisotopic (exact) mass is 357 g/mol. The lowest BCUT2D eigenvalue weighted by Gasteiger charge is -2.43. The summed E-state index contributed by atoms with van der Waals surface area (Å²) < 4.78 is 5.33. The molecule has 3 heterocycles.